The largest absolute Gasteiger partial charge is 0.493 e. The van der Waals surface area contributed by atoms with E-state index in [0.29, 0.717) is 79.5 Å². The van der Waals surface area contributed by atoms with Crippen LogP contribution in [0.3, 0.4) is 0 Å². The highest BCUT2D eigenvalue weighted by molar-refractivity contribution is 5.97. The number of nitrogens with zero attached hydrogens (tertiary/aromatic N) is 6. The molecule has 3 heterocycles. The molecule has 0 saturated heterocycles. The Bertz CT molecular complexity index is 1900. The van der Waals surface area contributed by atoms with Crippen LogP contribution in [0, 0.1) is 5.92 Å². The first kappa shape index (κ1) is 37.8. The van der Waals surface area contributed by atoms with Gasteiger partial charge in [-0.25, -0.2) is 14.6 Å². The van der Waals surface area contributed by atoms with Gasteiger partial charge >= 0.3 is 0 Å². The van der Waals surface area contributed by atoms with Crippen molar-refractivity contribution in [3.63, 3.8) is 0 Å². The maximum absolute atomic E-state index is 13.7. The van der Waals surface area contributed by atoms with E-state index < -0.39 is 12.1 Å². The lowest BCUT2D eigenvalue weighted by molar-refractivity contribution is -0.130. The van der Waals surface area contributed by atoms with E-state index >= 15 is 0 Å². The minimum atomic E-state index is -0.799. The summed E-state index contributed by atoms with van der Waals surface area (Å²) in [6, 6.07) is 9.51. The summed E-state index contributed by atoms with van der Waals surface area (Å²) in [6.45, 7) is 6.51. The van der Waals surface area contributed by atoms with Crippen molar-refractivity contribution in [2.75, 3.05) is 33.9 Å². The number of carbonyl (C=O) groups is 4. The number of methoxy groups -OCH3 is 2. The van der Waals surface area contributed by atoms with Gasteiger partial charge in [-0.05, 0) is 61.6 Å². The van der Waals surface area contributed by atoms with Crippen LogP contribution in [0.25, 0.3) is 11.0 Å². The Hall–Kier alpha value is -5.47. The van der Waals surface area contributed by atoms with Gasteiger partial charge in [-0.15, -0.1) is 0 Å². The number of aromatic nitrogens is 5. The van der Waals surface area contributed by atoms with Crippen LogP contribution in [0.5, 0.6) is 11.5 Å². The molecule has 2 aromatic carbocycles. The highest BCUT2D eigenvalue weighted by Gasteiger charge is 2.29. The second-order valence-electron chi connectivity index (χ2n) is 13.2. The lowest BCUT2D eigenvalue weighted by Crippen LogP contribution is -2.51. The SMILES string of the molecule is CC[C@H](C)[C@@H]1NC(=O)CCCN(C(=O)c2ccc3c(c2)ncn3C)CCCNC(=O)Cn2nc(Cc3ccc(OC)c(OC)c3)nc2[C@@H](C)NC1=O. The van der Waals surface area contributed by atoms with Crippen molar-refractivity contribution in [2.45, 2.75) is 71.5 Å². The molecule has 278 valence electrons. The van der Waals surface area contributed by atoms with Crippen LogP contribution < -0.4 is 25.4 Å². The van der Waals surface area contributed by atoms with Gasteiger partial charge in [0.05, 0.1) is 37.6 Å². The standard InChI is InChI=1S/C37H49N9O6/c1-7-23(2)34-36(49)40-24(3)35-41-31(19-25-11-14-29(51-5)30(18-25)52-6)43-46(35)21-33(48)38-15-9-17-45(16-8-10-32(47)42-34)37(50)26-12-13-28-27(20-26)39-22-44(28)4/h11-14,18,20,22-24,34H,7-10,15-17,19,21H2,1-6H3,(H,38,48)(H,40,49)(H,42,47)/t23-,24+,34-/m0/s1. The van der Waals surface area contributed by atoms with Crippen molar-refractivity contribution in [3.8, 4) is 11.5 Å². The average Bonchev–Trinajstić information content (AvgIpc) is 3.72. The number of imidazole rings is 1. The summed E-state index contributed by atoms with van der Waals surface area (Å²) in [5.41, 5.74) is 2.98. The van der Waals surface area contributed by atoms with E-state index in [4.69, 9.17) is 14.5 Å². The van der Waals surface area contributed by atoms with Gasteiger partial charge in [0.25, 0.3) is 5.91 Å². The second-order valence-corrected chi connectivity index (χ2v) is 13.2. The molecule has 3 N–H and O–H groups in total. The molecular weight excluding hydrogens is 666 g/mol. The van der Waals surface area contributed by atoms with E-state index in [-0.39, 0.29) is 42.5 Å². The molecule has 0 radical (unpaired) electrons. The van der Waals surface area contributed by atoms with Gasteiger partial charge in [0, 0.05) is 45.1 Å². The van der Waals surface area contributed by atoms with Crippen molar-refractivity contribution >= 4 is 34.7 Å². The molecule has 52 heavy (non-hydrogen) atoms. The number of benzene rings is 2. The van der Waals surface area contributed by atoms with Crippen molar-refractivity contribution in [3.05, 3.63) is 65.5 Å². The van der Waals surface area contributed by atoms with Crippen LogP contribution in [-0.2, 0) is 34.4 Å². The summed E-state index contributed by atoms with van der Waals surface area (Å²) in [5.74, 6) is 0.739. The minimum absolute atomic E-state index is 0.128. The molecule has 4 aromatic rings. The van der Waals surface area contributed by atoms with Gasteiger partial charge in [0.1, 0.15) is 18.4 Å². The van der Waals surface area contributed by atoms with Crippen LogP contribution in [0.1, 0.15) is 80.1 Å². The molecule has 1 aliphatic rings. The molecule has 3 atom stereocenters. The van der Waals surface area contributed by atoms with Crippen molar-refractivity contribution in [1.29, 1.82) is 0 Å². The maximum Gasteiger partial charge on any atom is 0.253 e. The molecule has 0 unspecified atom stereocenters. The summed E-state index contributed by atoms with van der Waals surface area (Å²) in [5, 5.41) is 13.5. The number of ether oxygens (including phenoxy) is 2. The first-order chi connectivity index (χ1) is 25.0. The Balaban J connectivity index is 1.39. The molecule has 0 saturated carbocycles. The second kappa shape index (κ2) is 17.2. The predicted octanol–water partition coefficient (Wildman–Crippen LogP) is 2.92. The lowest BCUT2D eigenvalue weighted by atomic mass is 9.97. The number of fused-ring (bicyclic) bond motifs is 2. The lowest BCUT2D eigenvalue weighted by Gasteiger charge is -2.26. The number of carbonyl (C=O) groups excluding carboxylic acids is 4. The van der Waals surface area contributed by atoms with Crippen LogP contribution >= 0.6 is 0 Å². The molecule has 0 bridgehead atoms. The fraction of sp³-hybridized carbons (Fsp3) is 0.486. The van der Waals surface area contributed by atoms with Crippen molar-refractivity contribution in [2.24, 2.45) is 13.0 Å². The summed E-state index contributed by atoms with van der Waals surface area (Å²) in [7, 11) is 5.02. The molecular formula is C37H49N9O6. The Morgan fingerprint density at radius 3 is 2.52 bits per heavy atom. The highest BCUT2D eigenvalue weighted by atomic mass is 16.5. The fourth-order valence-corrected chi connectivity index (χ4v) is 6.29. The monoisotopic (exact) mass is 715 g/mol. The maximum atomic E-state index is 13.7. The van der Waals surface area contributed by atoms with Crippen molar-refractivity contribution < 1.29 is 28.7 Å². The number of nitrogens with one attached hydrogen (secondary N) is 3. The van der Waals surface area contributed by atoms with E-state index in [2.05, 4.69) is 26.0 Å². The number of amides is 4. The molecule has 4 amide bonds. The first-order valence-corrected chi connectivity index (χ1v) is 17.7. The number of hydrogen-bond acceptors (Lipinski definition) is 9. The third-order valence-electron chi connectivity index (χ3n) is 9.42. The summed E-state index contributed by atoms with van der Waals surface area (Å²) < 4.78 is 14.2. The van der Waals surface area contributed by atoms with E-state index in [1.807, 2.05) is 43.7 Å². The molecule has 5 rings (SSSR count). The third kappa shape index (κ3) is 9.06. The summed E-state index contributed by atoms with van der Waals surface area (Å²) in [6.07, 6.45) is 3.71. The van der Waals surface area contributed by atoms with Gasteiger partial charge in [-0.1, -0.05) is 26.3 Å². The fourth-order valence-electron chi connectivity index (χ4n) is 6.29. The zero-order valence-corrected chi connectivity index (χ0v) is 30.8. The van der Waals surface area contributed by atoms with E-state index in [0.717, 1.165) is 11.1 Å². The van der Waals surface area contributed by atoms with Crippen LogP contribution in [0.2, 0.25) is 0 Å². The average molecular weight is 716 g/mol. The Kier molecular flexibility index (Phi) is 12.5. The highest BCUT2D eigenvalue weighted by Crippen LogP contribution is 2.28. The van der Waals surface area contributed by atoms with Gasteiger partial charge < -0.3 is 34.9 Å². The Morgan fingerprint density at radius 2 is 1.77 bits per heavy atom. The first-order valence-electron chi connectivity index (χ1n) is 17.7. The van der Waals surface area contributed by atoms with Crippen LogP contribution in [-0.4, -0.2) is 92.7 Å². The Labute approximate surface area is 303 Å². The zero-order chi connectivity index (χ0) is 37.4. The smallest absolute Gasteiger partial charge is 0.253 e. The van der Waals surface area contributed by atoms with Crippen LogP contribution in [0.15, 0.2) is 42.7 Å². The molecule has 0 fully saturated rings. The third-order valence-corrected chi connectivity index (χ3v) is 9.42. The molecule has 0 aliphatic carbocycles. The molecule has 1 aliphatic heterocycles. The summed E-state index contributed by atoms with van der Waals surface area (Å²) in [4.78, 5) is 64.8. The van der Waals surface area contributed by atoms with E-state index in [1.54, 1.807) is 50.6 Å². The number of rotatable bonds is 7. The van der Waals surface area contributed by atoms with Gasteiger partial charge in [-0.2, -0.15) is 5.10 Å². The zero-order valence-electron chi connectivity index (χ0n) is 30.8. The molecule has 15 nitrogen and oxygen atoms in total. The molecule has 15 heteroatoms. The summed E-state index contributed by atoms with van der Waals surface area (Å²) >= 11 is 0. The van der Waals surface area contributed by atoms with E-state index in [9.17, 15) is 19.2 Å². The van der Waals surface area contributed by atoms with Crippen molar-refractivity contribution in [1.82, 2.24) is 45.2 Å². The van der Waals surface area contributed by atoms with Crippen LogP contribution in [0.4, 0.5) is 0 Å². The number of hydrogen-bond donors (Lipinski definition) is 3. The molecule has 0 spiro atoms. The van der Waals surface area contributed by atoms with E-state index in [1.165, 1.54) is 4.68 Å². The van der Waals surface area contributed by atoms with Gasteiger partial charge in [0.15, 0.2) is 17.3 Å². The predicted molar refractivity (Wildman–Crippen MR) is 194 cm³/mol. The molecule has 2 aromatic heterocycles. The number of aryl methyl sites for hydroxylation is 1. The Morgan fingerprint density at radius 1 is 1.00 bits per heavy atom. The normalized spacial score (nSPS) is 18.7. The van der Waals surface area contributed by atoms with Gasteiger partial charge in [-0.3, -0.25) is 19.2 Å². The topological polar surface area (TPSA) is 175 Å². The van der Waals surface area contributed by atoms with Gasteiger partial charge in [0.2, 0.25) is 17.7 Å². The minimum Gasteiger partial charge on any atom is -0.493 e. The quantitative estimate of drug-likeness (QED) is 0.260.